The fourth-order valence-corrected chi connectivity index (χ4v) is 4.55. The lowest BCUT2D eigenvalue weighted by Crippen LogP contribution is -2.40. The van der Waals surface area contributed by atoms with Crippen molar-refractivity contribution in [2.45, 2.75) is 17.7 Å². The molecule has 7 heteroatoms. The topological polar surface area (TPSA) is 63.7 Å². The molecule has 28 heavy (non-hydrogen) atoms. The van der Waals surface area contributed by atoms with Gasteiger partial charge in [0.1, 0.15) is 12.4 Å². The van der Waals surface area contributed by atoms with Gasteiger partial charge in [-0.3, -0.25) is 4.79 Å². The maximum Gasteiger partial charge on any atom is 0.309 e. The van der Waals surface area contributed by atoms with E-state index in [1.807, 2.05) is 36.4 Å². The molecule has 0 aliphatic carbocycles. The normalized spacial score (nSPS) is 16.3. The lowest BCUT2D eigenvalue weighted by atomic mass is 9.98. The molecular formula is C21H22FNO4S. The fraction of sp³-hybridized carbons (Fsp3) is 0.286. The number of rotatable bonds is 6. The van der Waals surface area contributed by atoms with Crippen molar-refractivity contribution in [2.24, 2.45) is 5.92 Å². The number of halogens is 1. The van der Waals surface area contributed by atoms with Gasteiger partial charge in [-0.25, -0.2) is 12.8 Å². The van der Waals surface area contributed by atoms with Crippen LogP contribution in [-0.2, 0) is 19.6 Å². The summed E-state index contributed by atoms with van der Waals surface area (Å²) in [4.78, 5) is 12.3. The van der Waals surface area contributed by atoms with Gasteiger partial charge in [-0.15, -0.1) is 0 Å². The van der Waals surface area contributed by atoms with Crippen molar-refractivity contribution >= 4 is 22.1 Å². The van der Waals surface area contributed by atoms with Crippen molar-refractivity contribution < 1.29 is 22.3 Å². The molecule has 3 rings (SSSR count). The van der Waals surface area contributed by atoms with Crippen LogP contribution >= 0.6 is 0 Å². The summed E-state index contributed by atoms with van der Waals surface area (Å²) < 4.78 is 44.8. The SMILES string of the molecule is O=C(OC/C=C/c1ccccc1)C1CCN(S(=O)(=O)c2ccc(F)cc2)CC1. The number of piperidine rings is 1. The van der Waals surface area contributed by atoms with E-state index < -0.39 is 15.8 Å². The maximum absolute atomic E-state index is 13.0. The molecule has 1 saturated heterocycles. The molecule has 1 aliphatic rings. The molecule has 5 nitrogen and oxygen atoms in total. The number of sulfonamides is 1. The lowest BCUT2D eigenvalue weighted by Gasteiger charge is -2.30. The van der Waals surface area contributed by atoms with E-state index in [4.69, 9.17) is 4.74 Å². The Kier molecular flexibility index (Phi) is 6.59. The summed E-state index contributed by atoms with van der Waals surface area (Å²) >= 11 is 0. The smallest absolute Gasteiger partial charge is 0.309 e. The van der Waals surface area contributed by atoms with E-state index in [0.29, 0.717) is 12.8 Å². The van der Waals surface area contributed by atoms with Crippen molar-refractivity contribution in [3.05, 3.63) is 72.1 Å². The molecule has 1 aliphatic heterocycles. The van der Waals surface area contributed by atoms with Gasteiger partial charge in [0.05, 0.1) is 10.8 Å². The summed E-state index contributed by atoms with van der Waals surface area (Å²) in [6.07, 6.45) is 4.47. The second-order valence-corrected chi connectivity index (χ2v) is 8.51. The van der Waals surface area contributed by atoms with Crippen molar-refractivity contribution in [2.75, 3.05) is 19.7 Å². The molecule has 0 spiro atoms. The van der Waals surface area contributed by atoms with Crippen LogP contribution in [0, 0.1) is 11.7 Å². The van der Waals surface area contributed by atoms with Crippen LogP contribution in [-0.4, -0.2) is 38.4 Å². The highest BCUT2D eigenvalue weighted by Crippen LogP contribution is 2.24. The van der Waals surface area contributed by atoms with Crippen LogP contribution in [0.5, 0.6) is 0 Å². The Bertz CT molecular complexity index is 919. The molecule has 0 amide bonds. The van der Waals surface area contributed by atoms with Crippen LogP contribution in [0.15, 0.2) is 65.6 Å². The maximum atomic E-state index is 13.0. The zero-order valence-electron chi connectivity index (χ0n) is 15.3. The molecule has 0 aromatic heterocycles. The van der Waals surface area contributed by atoms with E-state index in [0.717, 1.165) is 17.7 Å². The van der Waals surface area contributed by atoms with Gasteiger partial charge >= 0.3 is 5.97 Å². The van der Waals surface area contributed by atoms with Gasteiger partial charge in [-0.2, -0.15) is 4.31 Å². The number of esters is 1. The summed E-state index contributed by atoms with van der Waals surface area (Å²) in [7, 11) is -3.68. The standard InChI is InChI=1S/C21H22FNO4S/c22-19-8-10-20(11-9-19)28(25,26)23-14-12-18(13-15-23)21(24)27-16-4-7-17-5-2-1-3-6-17/h1-11,18H,12-16H2/b7-4+. The first kappa shape index (κ1) is 20.2. The highest BCUT2D eigenvalue weighted by atomic mass is 32.2. The van der Waals surface area contributed by atoms with Gasteiger partial charge in [-0.1, -0.05) is 36.4 Å². The van der Waals surface area contributed by atoms with Crippen molar-refractivity contribution in [1.29, 1.82) is 0 Å². The monoisotopic (exact) mass is 403 g/mol. The average Bonchev–Trinajstić information content (AvgIpc) is 2.72. The minimum Gasteiger partial charge on any atom is -0.461 e. The molecule has 0 unspecified atom stereocenters. The average molecular weight is 403 g/mol. The molecule has 0 atom stereocenters. The van der Waals surface area contributed by atoms with Gasteiger partial charge in [0.2, 0.25) is 10.0 Å². The first-order valence-corrected chi connectivity index (χ1v) is 10.5. The number of carbonyl (C=O) groups excluding carboxylic acids is 1. The van der Waals surface area contributed by atoms with Crippen molar-refractivity contribution in [1.82, 2.24) is 4.31 Å². The van der Waals surface area contributed by atoms with E-state index in [2.05, 4.69) is 0 Å². The molecular weight excluding hydrogens is 381 g/mol. The molecule has 0 saturated carbocycles. The Morgan fingerprint density at radius 2 is 1.71 bits per heavy atom. The predicted molar refractivity (Wildman–Crippen MR) is 104 cm³/mol. The minimum absolute atomic E-state index is 0.0565. The highest BCUT2D eigenvalue weighted by molar-refractivity contribution is 7.89. The Morgan fingerprint density at radius 1 is 1.07 bits per heavy atom. The van der Waals surface area contributed by atoms with Crippen LogP contribution < -0.4 is 0 Å². The number of ether oxygens (including phenoxy) is 1. The highest BCUT2D eigenvalue weighted by Gasteiger charge is 2.32. The number of carbonyl (C=O) groups is 1. The first-order chi connectivity index (χ1) is 13.5. The molecule has 1 heterocycles. The summed E-state index contributed by atoms with van der Waals surface area (Å²) in [5.74, 6) is -1.11. The van der Waals surface area contributed by atoms with Crippen LogP contribution in [0.4, 0.5) is 4.39 Å². The van der Waals surface area contributed by atoms with Crippen LogP contribution in [0.3, 0.4) is 0 Å². The van der Waals surface area contributed by atoms with Gasteiger partial charge in [0.15, 0.2) is 0 Å². The Labute approximate surface area is 164 Å². The Balaban J connectivity index is 1.48. The largest absolute Gasteiger partial charge is 0.461 e. The molecule has 2 aromatic carbocycles. The molecule has 0 N–H and O–H groups in total. The lowest BCUT2D eigenvalue weighted by molar-refractivity contribution is -0.148. The zero-order valence-corrected chi connectivity index (χ0v) is 16.1. The molecule has 0 radical (unpaired) electrons. The summed E-state index contributed by atoms with van der Waals surface area (Å²) in [6.45, 7) is 0.653. The van der Waals surface area contributed by atoms with Crippen LogP contribution in [0.2, 0.25) is 0 Å². The number of hydrogen-bond donors (Lipinski definition) is 0. The van der Waals surface area contributed by atoms with Crippen LogP contribution in [0.25, 0.3) is 6.08 Å². The second-order valence-electron chi connectivity index (χ2n) is 6.58. The summed E-state index contributed by atoms with van der Waals surface area (Å²) in [6, 6.07) is 14.5. The van der Waals surface area contributed by atoms with Gasteiger partial charge in [0.25, 0.3) is 0 Å². The van der Waals surface area contributed by atoms with E-state index in [1.165, 1.54) is 16.4 Å². The summed E-state index contributed by atoms with van der Waals surface area (Å²) in [5, 5.41) is 0. The minimum atomic E-state index is -3.68. The second kappa shape index (κ2) is 9.12. The first-order valence-electron chi connectivity index (χ1n) is 9.11. The summed E-state index contributed by atoms with van der Waals surface area (Å²) in [5.41, 5.74) is 1.03. The zero-order chi connectivity index (χ0) is 20.0. The van der Waals surface area contributed by atoms with Gasteiger partial charge < -0.3 is 4.74 Å². The predicted octanol–water partition coefficient (Wildman–Crippen LogP) is 3.48. The van der Waals surface area contributed by atoms with E-state index in [9.17, 15) is 17.6 Å². The Hall–Kier alpha value is -2.51. The molecule has 1 fully saturated rings. The van der Waals surface area contributed by atoms with E-state index >= 15 is 0 Å². The van der Waals surface area contributed by atoms with Crippen molar-refractivity contribution in [3.8, 4) is 0 Å². The Morgan fingerprint density at radius 3 is 2.36 bits per heavy atom. The fourth-order valence-electron chi connectivity index (χ4n) is 3.08. The quantitative estimate of drug-likeness (QED) is 0.693. The number of nitrogens with zero attached hydrogens (tertiary/aromatic N) is 1. The van der Waals surface area contributed by atoms with E-state index in [1.54, 1.807) is 6.08 Å². The van der Waals surface area contributed by atoms with Crippen LogP contribution in [0.1, 0.15) is 18.4 Å². The van der Waals surface area contributed by atoms with E-state index in [-0.39, 0.29) is 36.5 Å². The number of benzene rings is 2. The van der Waals surface area contributed by atoms with Gasteiger partial charge in [-0.05, 0) is 48.7 Å². The molecule has 2 aromatic rings. The molecule has 0 bridgehead atoms. The number of hydrogen-bond acceptors (Lipinski definition) is 4. The third-order valence-electron chi connectivity index (χ3n) is 4.67. The van der Waals surface area contributed by atoms with Crippen molar-refractivity contribution in [3.63, 3.8) is 0 Å². The van der Waals surface area contributed by atoms with Gasteiger partial charge in [0, 0.05) is 13.1 Å². The third-order valence-corrected chi connectivity index (χ3v) is 6.58. The third kappa shape index (κ3) is 5.05. The molecule has 148 valence electrons.